The van der Waals surface area contributed by atoms with Crippen LogP contribution >= 0.6 is 0 Å². The maximum Gasteiger partial charge on any atom is -0.0162 e. The number of benzene rings is 1. The van der Waals surface area contributed by atoms with Gasteiger partial charge in [0, 0.05) is 0 Å². The van der Waals surface area contributed by atoms with Crippen LogP contribution in [0.15, 0.2) is 30.8 Å². The molecule has 12 heavy (non-hydrogen) atoms. The van der Waals surface area contributed by atoms with Gasteiger partial charge in [-0.1, -0.05) is 36.4 Å². The summed E-state index contributed by atoms with van der Waals surface area (Å²) in [5, 5.41) is 0. The minimum Gasteiger partial charge on any atom is -0.0955 e. The molecule has 0 atom stereocenters. The lowest BCUT2D eigenvalue weighted by atomic mass is 10.0. The van der Waals surface area contributed by atoms with Gasteiger partial charge in [-0.15, -0.1) is 0 Å². The Morgan fingerprint density at radius 1 is 1.25 bits per heavy atom. The fourth-order valence-corrected chi connectivity index (χ4v) is 1.46. The molecule has 1 fully saturated rings. The Bertz CT molecular complexity index is 288. The summed E-state index contributed by atoms with van der Waals surface area (Å²) in [6.07, 6.45) is 2.76. The van der Waals surface area contributed by atoms with Gasteiger partial charge in [-0.2, -0.15) is 0 Å². The summed E-state index contributed by atoms with van der Waals surface area (Å²) >= 11 is 0. The first kappa shape index (κ1) is 7.60. The maximum absolute atomic E-state index is 3.92. The van der Waals surface area contributed by atoms with E-state index < -0.39 is 0 Å². The third kappa shape index (κ3) is 1.42. The van der Waals surface area contributed by atoms with Gasteiger partial charge in [0.25, 0.3) is 0 Å². The van der Waals surface area contributed by atoms with Crippen molar-refractivity contribution in [3.8, 4) is 0 Å². The van der Waals surface area contributed by atoms with Crippen LogP contribution < -0.4 is 0 Å². The van der Waals surface area contributed by atoms with E-state index in [0.29, 0.717) is 0 Å². The minimum absolute atomic E-state index is 0.865. The second-order valence-electron chi connectivity index (χ2n) is 3.68. The molecule has 62 valence electrons. The molecule has 2 rings (SSSR count). The van der Waals surface area contributed by atoms with Crippen molar-refractivity contribution in [3.05, 3.63) is 42.0 Å². The second-order valence-corrected chi connectivity index (χ2v) is 3.68. The van der Waals surface area contributed by atoms with Crippen LogP contribution in [-0.4, -0.2) is 0 Å². The van der Waals surface area contributed by atoms with Crippen molar-refractivity contribution in [2.24, 2.45) is 0 Å². The van der Waals surface area contributed by atoms with Crippen molar-refractivity contribution >= 4 is 5.57 Å². The van der Waals surface area contributed by atoms with Gasteiger partial charge >= 0.3 is 0 Å². The molecule has 1 aliphatic carbocycles. The van der Waals surface area contributed by atoms with Crippen molar-refractivity contribution < 1.29 is 0 Å². The zero-order valence-corrected chi connectivity index (χ0v) is 7.51. The molecule has 0 spiro atoms. The highest BCUT2D eigenvalue weighted by molar-refractivity contribution is 5.61. The van der Waals surface area contributed by atoms with Crippen LogP contribution in [-0.2, 0) is 0 Å². The Balaban J connectivity index is 2.24. The van der Waals surface area contributed by atoms with Gasteiger partial charge in [-0.3, -0.25) is 0 Å². The molecule has 0 heterocycles. The molecule has 1 aromatic rings. The fourth-order valence-electron chi connectivity index (χ4n) is 1.46. The molecule has 1 aliphatic rings. The van der Waals surface area contributed by atoms with Crippen molar-refractivity contribution in [3.63, 3.8) is 0 Å². The lowest BCUT2D eigenvalue weighted by Crippen LogP contribution is -1.81. The van der Waals surface area contributed by atoms with Gasteiger partial charge in [-0.25, -0.2) is 0 Å². The minimum atomic E-state index is 0.865. The van der Waals surface area contributed by atoms with E-state index in [9.17, 15) is 0 Å². The van der Waals surface area contributed by atoms with Gasteiger partial charge in [-0.05, 0) is 36.8 Å². The lowest BCUT2D eigenvalue weighted by Gasteiger charge is -2.01. The molecule has 0 heteroatoms. The van der Waals surface area contributed by atoms with Crippen LogP contribution in [0.3, 0.4) is 0 Å². The average Bonchev–Trinajstić information content (AvgIpc) is 2.87. The van der Waals surface area contributed by atoms with Crippen molar-refractivity contribution in [2.45, 2.75) is 25.7 Å². The topological polar surface area (TPSA) is 0 Å². The molecule has 0 unspecified atom stereocenters. The maximum atomic E-state index is 3.92. The molecule has 0 bridgehead atoms. The summed E-state index contributed by atoms with van der Waals surface area (Å²) < 4.78 is 0. The first-order valence-corrected chi connectivity index (χ1v) is 4.53. The van der Waals surface area contributed by atoms with E-state index in [1.807, 2.05) is 6.92 Å². The van der Waals surface area contributed by atoms with Crippen LogP contribution in [0.2, 0.25) is 0 Å². The summed E-state index contributed by atoms with van der Waals surface area (Å²) in [6, 6.07) is 8.83. The van der Waals surface area contributed by atoms with Crippen LogP contribution in [0, 0.1) is 0 Å². The molecule has 0 amide bonds. The predicted octanol–water partition coefficient (Wildman–Crippen LogP) is 3.60. The van der Waals surface area contributed by atoms with Crippen LogP contribution in [0.1, 0.15) is 36.8 Å². The van der Waals surface area contributed by atoms with Gasteiger partial charge in [0.1, 0.15) is 0 Å². The third-order valence-corrected chi connectivity index (χ3v) is 2.45. The molecule has 0 saturated heterocycles. The smallest absolute Gasteiger partial charge is 0.0162 e. The van der Waals surface area contributed by atoms with Gasteiger partial charge < -0.3 is 0 Å². The van der Waals surface area contributed by atoms with Gasteiger partial charge in [0.15, 0.2) is 0 Å². The molecule has 0 N–H and O–H groups in total. The van der Waals surface area contributed by atoms with E-state index in [1.54, 1.807) is 0 Å². The fraction of sp³-hybridized carbons (Fsp3) is 0.333. The third-order valence-electron chi connectivity index (χ3n) is 2.45. The Morgan fingerprint density at radius 3 is 2.25 bits per heavy atom. The van der Waals surface area contributed by atoms with E-state index in [2.05, 4.69) is 30.8 Å². The largest absolute Gasteiger partial charge is 0.0955 e. The highest BCUT2D eigenvalue weighted by Crippen LogP contribution is 2.40. The highest BCUT2D eigenvalue weighted by Gasteiger charge is 2.22. The Labute approximate surface area is 73.9 Å². The van der Waals surface area contributed by atoms with Crippen LogP contribution in [0.4, 0.5) is 0 Å². The number of rotatable bonds is 2. The van der Waals surface area contributed by atoms with E-state index in [0.717, 1.165) is 11.5 Å². The summed E-state index contributed by atoms with van der Waals surface area (Å²) in [5.41, 5.74) is 3.91. The molecule has 0 aromatic heterocycles. The molecule has 0 nitrogen and oxygen atoms in total. The Hall–Kier alpha value is -1.04. The van der Waals surface area contributed by atoms with Gasteiger partial charge in [0.2, 0.25) is 0 Å². The van der Waals surface area contributed by atoms with E-state index in [-0.39, 0.29) is 0 Å². The highest BCUT2D eigenvalue weighted by atomic mass is 14.3. The summed E-state index contributed by atoms with van der Waals surface area (Å²) in [5.74, 6) is 0.865. The molecule has 1 aromatic carbocycles. The first-order valence-electron chi connectivity index (χ1n) is 4.53. The van der Waals surface area contributed by atoms with E-state index in [1.165, 1.54) is 24.0 Å². The normalized spacial score (nSPS) is 16.1. The van der Waals surface area contributed by atoms with E-state index >= 15 is 0 Å². The van der Waals surface area contributed by atoms with Crippen molar-refractivity contribution in [1.29, 1.82) is 0 Å². The zero-order valence-electron chi connectivity index (χ0n) is 7.51. The monoisotopic (exact) mass is 158 g/mol. The number of hydrogen-bond acceptors (Lipinski definition) is 0. The number of allylic oxidation sites excluding steroid dienone is 1. The molecule has 0 aliphatic heterocycles. The Kier molecular flexibility index (Phi) is 1.76. The number of hydrogen-bond donors (Lipinski definition) is 0. The zero-order chi connectivity index (χ0) is 8.55. The molecule has 1 saturated carbocycles. The molecular formula is C12H14. The van der Waals surface area contributed by atoms with E-state index in [4.69, 9.17) is 0 Å². The second kappa shape index (κ2) is 2.78. The summed E-state index contributed by atoms with van der Waals surface area (Å²) in [7, 11) is 0. The summed E-state index contributed by atoms with van der Waals surface area (Å²) in [4.78, 5) is 0. The van der Waals surface area contributed by atoms with Crippen molar-refractivity contribution in [2.75, 3.05) is 0 Å². The van der Waals surface area contributed by atoms with Crippen molar-refractivity contribution in [1.82, 2.24) is 0 Å². The predicted molar refractivity (Wildman–Crippen MR) is 53.1 cm³/mol. The van der Waals surface area contributed by atoms with Gasteiger partial charge in [0.05, 0.1) is 0 Å². The lowest BCUT2D eigenvalue weighted by molar-refractivity contribution is 1.13. The quantitative estimate of drug-likeness (QED) is 0.617. The van der Waals surface area contributed by atoms with Crippen LogP contribution in [0.5, 0.6) is 0 Å². The SMILES string of the molecule is C=C(C)c1ccc(C2CC2)cc1. The molecule has 0 radical (unpaired) electrons. The Morgan fingerprint density at radius 2 is 1.83 bits per heavy atom. The first-order chi connectivity index (χ1) is 5.77. The summed E-state index contributed by atoms with van der Waals surface area (Å²) in [6.45, 7) is 5.96. The van der Waals surface area contributed by atoms with Crippen LogP contribution in [0.25, 0.3) is 5.57 Å². The molecular weight excluding hydrogens is 144 g/mol. The standard InChI is InChI=1S/C12H14/c1-9(2)10-3-5-11(6-4-10)12-7-8-12/h3-6,12H,1,7-8H2,2H3. The average molecular weight is 158 g/mol.